The molecule has 10 heteroatoms. The zero-order chi connectivity index (χ0) is 24.9. The monoisotopic (exact) mass is 490 g/mol. The van der Waals surface area contributed by atoms with Crippen LogP contribution in [0.2, 0.25) is 0 Å². The van der Waals surface area contributed by atoms with E-state index in [2.05, 4.69) is 35.5 Å². The SMILES string of the molecule is O=C(Nc1cncc(-c2cc3c(-c4nc5c(-c6ccc(F)cc6)nccc5[nH]4)n[nH]c3cn2)c1)C1CC1. The average molecular weight is 491 g/mol. The van der Waals surface area contributed by atoms with Crippen molar-refractivity contribution >= 4 is 33.5 Å². The van der Waals surface area contributed by atoms with Crippen LogP contribution < -0.4 is 5.32 Å². The smallest absolute Gasteiger partial charge is 0.227 e. The van der Waals surface area contributed by atoms with Gasteiger partial charge in [0.25, 0.3) is 0 Å². The topological polar surface area (TPSA) is 125 Å². The largest absolute Gasteiger partial charge is 0.336 e. The van der Waals surface area contributed by atoms with Crippen LogP contribution in [0.15, 0.2) is 67.3 Å². The molecule has 0 bridgehead atoms. The lowest BCUT2D eigenvalue weighted by Gasteiger charge is -2.06. The number of aromatic amines is 2. The maximum atomic E-state index is 13.4. The van der Waals surface area contributed by atoms with Gasteiger partial charge in [0.15, 0.2) is 5.82 Å². The number of carbonyl (C=O) groups excluding carboxylic acids is 1. The highest BCUT2D eigenvalue weighted by molar-refractivity contribution is 5.97. The lowest BCUT2D eigenvalue weighted by Crippen LogP contribution is -2.13. The number of pyridine rings is 3. The van der Waals surface area contributed by atoms with Crippen LogP contribution in [-0.4, -0.2) is 41.0 Å². The van der Waals surface area contributed by atoms with Crippen molar-refractivity contribution in [3.63, 3.8) is 0 Å². The summed E-state index contributed by atoms with van der Waals surface area (Å²) in [6, 6.07) is 11.8. The number of fused-ring (bicyclic) bond motifs is 2. The minimum atomic E-state index is -0.308. The molecule has 0 aliphatic heterocycles. The first-order chi connectivity index (χ1) is 18.1. The molecule has 1 fully saturated rings. The highest BCUT2D eigenvalue weighted by Gasteiger charge is 2.29. The maximum absolute atomic E-state index is 13.4. The number of nitrogens with one attached hydrogen (secondary N) is 3. The van der Waals surface area contributed by atoms with Crippen molar-refractivity contribution in [3.05, 3.63) is 73.1 Å². The predicted octanol–water partition coefficient (Wildman–Crippen LogP) is 5.11. The van der Waals surface area contributed by atoms with Crippen LogP contribution in [0, 0.1) is 11.7 Å². The first-order valence-corrected chi connectivity index (χ1v) is 11.8. The van der Waals surface area contributed by atoms with Crippen LogP contribution in [0.5, 0.6) is 0 Å². The van der Waals surface area contributed by atoms with Gasteiger partial charge in [-0.2, -0.15) is 5.10 Å². The van der Waals surface area contributed by atoms with E-state index in [9.17, 15) is 9.18 Å². The predicted molar refractivity (Wildman–Crippen MR) is 137 cm³/mol. The van der Waals surface area contributed by atoms with Crippen LogP contribution in [0.1, 0.15) is 12.8 Å². The van der Waals surface area contributed by atoms with Gasteiger partial charge in [-0.1, -0.05) is 0 Å². The third kappa shape index (κ3) is 3.88. The number of amides is 1. The Balaban J connectivity index is 1.28. The van der Waals surface area contributed by atoms with E-state index in [1.54, 1.807) is 36.9 Å². The van der Waals surface area contributed by atoms with Crippen molar-refractivity contribution in [2.75, 3.05) is 5.32 Å². The summed E-state index contributed by atoms with van der Waals surface area (Å²) >= 11 is 0. The van der Waals surface area contributed by atoms with Gasteiger partial charge in [-0.05, 0) is 55.3 Å². The van der Waals surface area contributed by atoms with E-state index < -0.39 is 0 Å². The number of carbonyl (C=O) groups is 1. The number of anilines is 1. The minimum absolute atomic E-state index is 0.0267. The fourth-order valence-corrected chi connectivity index (χ4v) is 4.36. The molecular weight excluding hydrogens is 471 g/mol. The number of hydrogen-bond acceptors (Lipinski definition) is 6. The Kier molecular flexibility index (Phi) is 4.78. The van der Waals surface area contributed by atoms with Gasteiger partial charge in [0.05, 0.1) is 40.5 Å². The van der Waals surface area contributed by atoms with Gasteiger partial charge in [-0.3, -0.25) is 24.8 Å². The highest BCUT2D eigenvalue weighted by Crippen LogP contribution is 2.33. The summed E-state index contributed by atoms with van der Waals surface area (Å²) < 4.78 is 13.4. The lowest BCUT2D eigenvalue weighted by molar-refractivity contribution is -0.117. The zero-order valence-electron chi connectivity index (χ0n) is 19.4. The van der Waals surface area contributed by atoms with Crippen molar-refractivity contribution in [3.8, 4) is 34.0 Å². The molecule has 37 heavy (non-hydrogen) atoms. The van der Waals surface area contributed by atoms with Gasteiger partial charge < -0.3 is 10.3 Å². The number of imidazole rings is 1. The fourth-order valence-electron chi connectivity index (χ4n) is 4.36. The number of nitrogens with zero attached hydrogens (tertiary/aromatic N) is 5. The molecule has 6 aromatic rings. The summed E-state index contributed by atoms with van der Waals surface area (Å²) in [7, 11) is 0. The third-order valence-corrected chi connectivity index (χ3v) is 6.44. The molecule has 5 aromatic heterocycles. The molecule has 0 saturated heterocycles. The molecule has 7 rings (SSSR count). The first-order valence-electron chi connectivity index (χ1n) is 11.8. The van der Waals surface area contributed by atoms with E-state index in [-0.39, 0.29) is 17.6 Å². The second-order valence-electron chi connectivity index (χ2n) is 9.06. The van der Waals surface area contributed by atoms with Crippen LogP contribution in [-0.2, 0) is 4.79 Å². The number of H-pyrrole nitrogens is 2. The third-order valence-electron chi connectivity index (χ3n) is 6.44. The van der Waals surface area contributed by atoms with Crippen molar-refractivity contribution in [2.24, 2.45) is 5.92 Å². The number of halogens is 1. The fraction of sp³-hybridized carbons (Fsp3) is 0.111. The molecule has 0 spiro atoms. The number of rotatable bonds is 5. The van der Waals surface area contributed by atoms with Gasteiger partial charge in [-0.15, -0.1) is 0 Å². The molecule has 3 N–H and O–H groups in total. The summed E-state index contributed by atoms with van der Waals surface area (Å²) in [5, 5.41) is 11.3. The number of aromatic nitrogens is 7. The van der Waals surface area contributed by atoms with E-state index in [1.165, 1.54) is 12.1 Å². The molecule has 1 aromatic carbocycles. The van der Waals surface area contributed by atoms with Crippen LogP contribution in [0.4, 0.5) is 10.1 Å². The quantitative estimate of drug-likeness (QED) is 0.308. The molecule has 0 atom stereocenters. The summed E-state index contributed by atoms with van der Waals surface area (Å²) in [6.45, 7) is 0. The molecular formula is C27H19FN8O. The highest BCUT2D eigenvalue weighted by atomic mass is 19.1. The molecule has 5 heterocycles. The van der Waals surface area contributed by atoms with E-state index in [4.69, 9.17) is 4.98 Å². The molecule has 0 radical (unpaired) electrons. The maximum Gasteiger partial charge on any atom is 0.227 e. The zero-order valence-corrected chi connectivity index (χ0v) is 19.4. The van der Waals surface area contributed by atoms with Crippen molar-refractivity contribution in [1.29, 1.82) is 0 Å². The molecule has 0 unspecified atom stereocenters. The van der Waals surface area contributed by atoms with Gasteiger partial charge in [0.2, 0.25) is 5.91 Å². The first kappa shape index (κ1) is 21.3. The summed E-state index contributed by atoms with van der Waals surface area (Å²) in [4.78, 5) is 33.6. The van der Waals surface area contributed by atoms with Gasteiger partial charge in [0, 0.05) is 34.8 Å². The Morgan fingerprint density at radius 1 is 0.946 bits per heavy atom. The van der Waals surface area contributed by atoms with Crippen LogP contribution in [0.3, 0.4) is 0 Å². The Morgan fingerprint density at radius 2 is 1.81 bits per heavy atom. The Morgan fingerprint density at radius 3 is 2.65 bits per heavy atom. The second kappa shape index (κ2) is 8.30. The molecule has 1 saturated carbocycles. The number of benzene rings is 1. The Bertz CT molecular complexity index is 1800. The van der Waals surface area contributed by atoms with Gasteiger partial charge in [-0.25, -0.2) is 9.37 Å². The normalized spacial score (nSPS) is 13.3. The van der Waals surface area contributed by atoms with E-state index in [1.807, 2.05) is 18.2 Å². The van der Waals surface area contributed by atoms with Crippen molar-refractivity contribution in [1.82, 2.24) is 35.1 Å². The van der Waals surface area contributed by atoms with Crippen molar-refractivity contribution < 1.29 is 9.18 Å². The lowest BCUT2D eigenvalue weighted by atomic mass is 10.1. The van der Waals surface area contributed by atoms with Crippen molar-refractivity contribution in [2.45, 2.75) is 12.8 Å². The summed E-state index contributed by atoms with van der Waals surface area (Å²) in [5.74, 6) is 0.392. The number of hydrogen-bond donors (Lipinski definition) is 3. The molecule has 1 aliphatic carbocycles. The molecule has 1 amide bonds. The van der Waals surface area contributed by atoms with E-state index in [0.29, 0.717) is 34.1 Å². The van der Waals surface area contributed by atoms with E-state index in [0.717, 1.165) is 40.4 Å². The summed E-state index contributed by atoms with van der Waals surface area (Å²) in [5.41, 5.74) is 6.36. The van der Waals surface area contributed by atoms with Crippen LogP contribution >= 0.6 is 0 Å². The second-order valence-corrected chi connectivity index (χ2v) is 9.06. The van der Waals surface area contributed by atoms with Gasteiger partial charge in [0.1, 0.15) is 17.0 Å². The van der Waals surface area contributed by atoms with Crippen LogP contribution in [0.25, 0.3) is 56.0 Å². The standard InChI is InChI=1S/C27H19FN8O/c28-17-5-3-14(4-6-17)23-25-20(7-8-30-23)33-26(34-25)24-19-10-21(31-13-22(19)35-36-24)16-9-18(12-29-11-16)32-27(37)15-1-2-15/h3-13,15H,1-2H2,(H,32,37)(H,33,34)(H,35,36). The van der Waals surface area contributed by atoms with E-state index >= 15 is 0 Å². The Hall–Kier alpha value is -4.99. The average Bonchev–Trinajstić information content (AvgIpc) is 3.55. The molecule has 1 aliphatic rings. The molecule has 180 valence electrons. The Labute approximate surface area is 209 Å². The summed E-state index contributed by atoms with van der Waals surface area (Å²) in [6.07, 6.45) is 8.61. The molecule has 9 nitrogen and oxygen atoms in total. The minimum Gasteiger partial charge on any atom is -0.336 e. The van der Waals surface area contributed by atoms with Gasteiger partial charge >= 0.3 is 0 Å².